The van der Waals surface area contributed by atoms with Crippen molar-refractivity contribution in [3.05, 3.63) is 123 Å². The number of anilines is 6. The van der Waals surface area contributed by atoms with Gasteiger partial charge in [-0.3, -0.25) is 0 Å². The molecule has 0 amide bonds. The van der Waals surface area contributed by atoms with Gasteiger partial charge in [0.2, 0.25) is 0 Å². The zero-order chi connectivity index (χ0) is 48.3. The maximum absolute atomic E-state index is 2.77. The van der Waals surface area contributed by atoms with E-state index in [1.54, 1.807) is 11.1 Å². The van der Waals surface area contributed by atoms with Gasteiger partial charge in [0.25, 0.3) is 6.71 Å². The molecule has 2 bridgehead atoms. The number of thiophene rings is 1. The molecule has 5 aliphatic carbocycles. The largest absolute Gasteiger partial charge is 0.311 e. The number of fused-ring (bicyclic) bond motifs is 10. The molecule has 68 heavy (non-hydrogen) atoms. The average Bonchev–Trinajstić information content (AvgIpc) is 3.64. The summed E-state index contributed by atoms with van der Waals surface area (Å²) in [5, 5.41) is 2.89. The van der Waals surface area contributed by atoms with Gasteiger partial charge in [0.05, 0.1) is 5.00 Å². The van der Waals surface area contributed by atoms with Gasteiger partial charge in [-0.1, -0.05) is 135 Å². The predicted octanol–water partition coefficient (Wildman–Crippen LogP) is 16.4. The third-order valence-electron chi connectivity index (χ3n) is 19.5. The number of benzene rings is 5. The Labute approximate surface area is 414 Å². The molecule has 352 valence electrons. The van der Waals surface area contributed by atoms with E-state index in [-0.39, 0.29) is 50.0 Å². The highest BCUT2D eigenvalue weighted by molar-refractivity contribution is 7.26. The van der Waals surface area contributed by atoms with Crippen molar-refractivity contribution in [1.29, 1.82) is 0 Å². The summed E-state index contributed by atoms with van der Waals surface area (Å²) in [5.74, 6) is 0. The summed E-state index contributed by atoms with van der Waals surface area (Å²) in [6.07, 6.45) is 9.98. The molecule has 0 saturated heterocycles. The first-order valence-corrected chi connectivity index (χ1v) is 27.3. The van der Waals surface area contributed by atoms with E-state index in [0.29, 0.717) is 0 Å². The molecule has 0 atom stereocenters. The third-order valence-corrected chi connectivity index (χ3v) is 20.7. The van der Waals surface area contributed by atoms with Gasteiger partial charge >= 0.3 is 0 Å². The van der Waals surface area contributed by atoms with Crippen LogP contribution in [0.2, 0.25) is 0 Å². The highest BCUT2D eigenvalue weighted by Crippen LogP contribution is 2.59. The van der Waals surface area contributed by atoms with Gasteiger partial charge in [0.15, 0.2) is 0 Å². The molecule has 2 aliphatic heterocycles. The zero-order valence-electron chi connectivity index (χ0n) is 44.5. The van der Waals surface area contributed by atoms with Crippen molar-refractivity contribution in [2.75, 3.05) is 9.80 Å². The minimum atomic E-state index is -0.0812. The van der Waals surface area contributed by atoms with Gasteiger partial charge in [-0.15, -0.1) is 11.3 Å². The fourth-order valence-corrected chi connectivity index (χ4v) is 15.6. The Bertz CT molecular complexity index is 3150. The lowest BCUT2D eigenvalue weighted by atomic mass is 9.33. The molecular weight excluding hydrogens is 840 g/mol. The van der Waals surface area contributed by atoms with Crippen LogP contribution in [0.15, 0.2) is 78.9 Å². The van der Waals surface area contributed by atoms with Crippen molar-refractivity contribution in [3.63, 3.8) is 0 Å². The summed E-state index contributed by atoms with van der Waals surface area (Å²) in [6, 6.07) is 33.5. The second kappa shape index (κ2) is 13.8. The summed E-state index contributed by atoms with van der Waals surface area (Å²) in [7, 11) is 0. The zero-order valence-corrected chi connectivity index (χ0v) is 45.4. The van der Waals surface area contributed by atoms with E-state index in [2.05, 4.69) is 211 Å². The molecule has 13 rings (SSSR count). The lowest BCUT2D eigenvalue weighted by Gasteiger charge is -2.52. The van der Waals surface area contributed by atoms with Gasteiger partial charge in [0.1, 0.15) is 0 Å². The molecular formula is C64H77BN2S. The van der Waals surface area contributed by atoms with Crippen molar-refractivity contribution in [1.82, 2.24) is 0 Å². The van der Waals surface area contributed by atoms with Crippen LogP contribution in [0.1, 0.15) is 207 Å². The van der Waals surface area contributed by atoms with E-state index in [4.69, 9.17) is 0 Å². The highest BCUT2D eigenvalue weighted by Gasteiger charge is 2.51. The Morgan fingerprint density at radius 3 is 1.41 bits per heavy atom. The fraction of sp³-hybridized carbons (Fsp3) is 0.500. The molecule has 1 fully saturated rings. The maximum Gasteiger partial charge on any atom is 0.254 e. The first-order chi connectivity index (χ1) is 31.6. The van der Waals surface area contributed by atoms with E-state index in [0.717, 1.165) is 0 Å². The minimum Gasteiger partial charge on any atom is -0.311 e. The monoisotopic (exact) mass is 917 g/mol. The molecule has 0 N–H and O–H groups in total. The highest BCUT2D eigenvalue weighted by atomic mass is 32.1. The summed E-state index contributed by atoms with van der Waals surface area (Å²) in [4.78, 5) is 5.48. The Hall–Kier alpha value is -4.28. The Morgan fingerprint density at radius 2 is 0.897 bits per heavy atom. The second-order valence-corrected chi connectivity index (χ2v) is 29.2. The Morgan fingerprint density at radius 1 is 0.426 bits per heavy atom. The fourth-order valence-electron chi connectivity index (χ4n) is 14.3. The first-order valence-electron chi connectivity index (χ1n) is 26.5. The van der Waals surface area contributed by atoms with Crippen LogP contribution in [0, 0.1) is 0 Å². The second-order valence-electron chi connectivity index (χ2n) is 28.1. The van der Waals surface area contributed by atoms with Crippen LogP contribution in [0.5, 0.6) is 0 Å². The number of hydrogen-bond donors (Lipinski definition) is 0. The molecule has 1 saturated carbocycles. The van der Waals surface area contributed by atoms with Gasteiger partial charge in [-0.2, -0.15) is 0 Å². The molecule has 7 aliphatic rings. The van der Waals surface area contributed by atoms with Crippen molar-refractivity contribution in [2.45, 2.75) is 205 Å². The molecule has 6 aromatic rings. The smallest absolute Gasteiger partial charge is 0.254 e. The maximum atomic E-state index is 2.77. The molecule has 2 nitrogen and oxygen atoms in total. The first kappa shape index (κ1) is 44.9. The number of hydrogen-bond acceptors (Lipinski definition) is 3. The van der Waals surface area contributed by atoms with Gasteiger partial charge in [-0.25, -0.2) is 0 Å². The molecule has 0 spiro atoms. The lowest BCUT2D eigenvalue weighted by Crippen LogP contribution is -2.61. The normalized spacial score (nSPS) is 24.5. The van der Waals surface area contributed by atoms with E-state index < -0.39 is 0 Å². The van der Waals surface area contributed by atoms with E-state index in [1.807, 2.05) is 0 Å². The molecule has 1 aromatic heterocycles. The summed E-state index contributed by atoms with van der Waals surface area (Å²) in [6.45, 7) is 39.5. The minimum absolute atomic E-state index is 0.00715. The molecule has 0 unspecified atom stereocenters. The standard InChI is InChI=1S/C64H77BN2S/c1-57(2,3)38-17-22-50-49(31-38)65-54-42-36-47-48(64(16)29-27-63(47,15)28-30-64)37-53(42)68-56(54)67(41-19-21-44-46(35-41)62(13,14)26-24-60(44,9)10)52-33-39(58(4,5)6)32-51(55(52)65)66(50)40-18-20-43-45(34-40)61(11,12)25-23-59(43,7)8/h17-22,31-37H,23-30H2,1-16H3. The summed E-state index contributed by atoms with van der Waals surface area (Å²) < 4.78 is 1.46. The Balaban J connectivity index is 1.22. The molecule has 0 radical (unpaired) electrons. The third kappa shape index (κ3) is 6.26. The van der Waals surface area contributed by atoms with Gasteiger partial charge in [0, 0.05) is 33.1 Å². The Kier molecular flexibility index (Phi) is 9.09. The lowest BCUT2D eigenvalue weighted by molar-refractivity contribution is 0.188. The van der Waals surface area contributed by atoms with E-state index in [9.17, 15) is 0 Å². The van der Waals surface area contributed by atoms with Crippen LogP contribution in [-0.2, 0) is 43.3 Å². The SMILES string of the molecule is CC(C)(C)c1ccc2c(c1)B1c3c(cc(C(C)(C)C)cc3N(c3ccc4c(c3)C(C)(C)CCC4(C)C)c3sc4cc5c(cc4c31)C1(C)CCC5(C)CC1)N2c1ccc2c(c1)C(C)(C)CCC2(C)C. The summed E-state index contributed by atoms with van der Waals surface area (Å²) >= 11 is 2.07. The quantitative estimate of drug-likeness (QED) is 0.159. The van der Waals surface area contributed by atoms with Crippen LogP contribution < -0.4 is 26.2 Å². The van der Waals surface area contributed by atoms with Gasteiger partial charge in [-0.05, 0) is 216 Å². The van der Waals surface area contributed by atoms with Crippen LogP contribution in [0.3, 0.4) is 0 Å². The van der Waals surface area contributed by atoms with Crippen LogP contribution in [-0.4, -0.2) is 6.71 Å². The summed E-state index contributed by atoms with van der Waals surface area (Å²) in [5.41, 5.74) is 24.0. The van der Waals surface area contributed by atoms with E-state index >= 15 is 0 Å². The van der Waals surface area contributed by atoms with Crippen molar-refractivity contribution >= 4 is 78.0 Å². The van der Waals surface area contributed by atoms with Crippen LogP contribution in [0.25, 0.3) is 10.1 Å². The average molecular weight is 917 g/mol. The number of nitrogens with zero attached hydrogens (tertiary/aromatic N) is 2. The number of rotatable bonds is 2. The van der Waals surface area contributed by atoms with Crippen molar-refractivity contribution in [2.24, 2.45) is 0 Å². The van der Waals surface area contributed by atoms with Crippen LogP contribution >= 0.6 is 11.3 Å². The molecule has 5 aromatic carbocycles. The van der Waals surface area contributed by atoms with Crippen LogP contribution in [0.4, 0.5) is 33.4 Å². The van der Waals surface area contributed by atoms with Crippen molar-refractivity contribution < 1.29 is 0 Å². The topological polar surface area (TPSA) is 6.48 Å². The van der Waals surface area contributed by atoms with E-state index in [1.165, 1.54) is 145 Å². The van der Waals surface area contributed by atoms with Gasteiger partial charge < -0.3 is 9.80 Å². The molecule has 4 heteroatoms. The predicted molar refractivity (Wildman–Crippen MR) is 297 cm³/mol. The van der Waals surface area contributed by atoms with Crippen molar-refractivity contribution in [3.8, 4) is 0 Å². The molecule has 3 heterocycles.